The number of benzene rings is 1. The predicted molar refractivity (Wildman–Crippen MR) is 75.8 cm³/mol. The predicted octanol–water partition coefficient (Wildman–Crippen LogP) is 3.44. The average Bonchev–Trinajstić information content (AvgIpc) is 2.32. The number of hydrogen-bond acceptors (Lipinski definition) is 2. The van der Waals surface area contributed by atoms with Crippen LogP contribution in [0.25, 0.3) is 0 Å². The van der Waals surface area contributed by atoms with Crippen LogP contribution in [-0.2, 0) is 6.42 Å². The lowest BCUT2D eigenvalue weighted by atomic mass is 9.91. The Labute approximate surface area is 111 Å². The molecule has 18 heavy (non-hydrogen) atoms. The van der Waals surface area contributed by atoms with E-state index >= 15 is 0 Å². The first kappa shape index (κ1) is 13.4. The Morgan fingerprint density at radius 2 is 1.94 bits per heavy atom. The molecule has 1 aliphatic rings. The Bertz CT molecular complexity index is 373. The average molecular weight is 247 g/mol. The monoisotopic (exact) mass is 247 g/mol. The molecular weight excluding hydrogens is 222 g/mol. The van der Waals surface area contributed by atoms with Crippen molar-refractivity contribution in [3.63, 3.8) is 0 Å². The van der Waals surface area contributed by atoms with Gasteiger partial charge in [0.2, 0.25) is 0 Å². The van der Waals surface area contributed by atoms with Gasteiger partial charge >= 0.3 is 0 Å². The largest absolute Gasteiger partial charge is 0.508 e. The molecule has 0 spiro atoms. The zero-order chi connectivity index (χ0) is 13.1. The number of aromatic hydroxyl groups is 1. The number of hydrogen-bond donors (Lipinski definition) is 1. The molecule has 0 aliphatic carbocycles. The van der Waals surface area contributed by atoms with Gasteiger partial charge in [-0.3, -0.25) is 4.90 Å². The molecule has 0 aromatic heterocycles. The van der Waals surface area contributed by atoms with E-state index in [9.17, 15) is 5.11 Å². The summed E-state index contributed by atoms with van der Waals surface area (Å²) in [6, 6.07) is 8.90. The molecule has 0 radical (unpaired) electrons. The van der Waals surface area contributed by atoms with Gasteiger partial charge in [0.1, 0.15) is 5.75 Å². The maximum Gasteiger partial charge on any atom is 0.115 e. The number of likely N-dealkylation sites (tertiary alicyclic amines) is 1. The second-order valence-electron chi connectivity index (χ2n) is 5.94. The molecule has 1 fully saturated rings. The minimum Gasteiger partial charge on any atom is -0.508 e. The molecule has 100 valence electrons. The van der Waals surface area contributed by atoms with Crippen LogP contribution in [0.2, 0.25) is 0 Å². The van der Waals surface area contributed by atoms with Crippen LogP contribution in [0.3, 0.4) is 0 Å². The fourth-order valence-corrected chi connectivity index (χ4v) is 3.17. The molecule has 1 aromatic rings. The SMILES string of the molecule is CC1CCN(C(C)Cc2ccc(O)cc2)C(C)C1. The lowest BCUT2D eigenvalue weighted by Crippen LogP contribution is -2.46. The minimum atomic E-state index is 0.353. The van der Waals surface area contributed by atoms with Crippen LogP contribution in [0, 0.1) is 5.92 Å². The summed E-state index contributed by atoms with van der Waals surface area (Å²) in [5.41, 5.74) is 1.31. The standard InChI is InChI=1S/C16H25NO/c1-12-8-9-17(13(2)10-12)14(3)11-15-4-6-16(18)7-5-15/h4-7,12-14,18H,8-11H2,1-3H3. The highest BCUT2D eigenvalue weighted by Gasteiger charge is 2.26. The van der Waals surface area contributed by atoms with E-state index in [0.29, 0.717) is 17.8 Å². The number of nitrogens with zero attached hydrogens (tertiary/aromatic N) is 1. The molecule has 1 heterocycles. The number of piperidine rings is 1. The number of phenolic OH excluding ortho intramolecular Hbond substituents is 1. The first-order valence-electron chi connectivity index (χ1n) is 7.10. The molecule has 2 nitrogen and oxygen atoms in total. The summed E-state index contributed by atoms with van der Waals surface area (Å²) in [7, 11) is 0. The molecule has 1 aliphatic heterocycles. The Morgan fingerprint density at radius 1 is 1.28 bits per heavy atom. The Hall–Kier alpha value is -1.02. The third-order valence-corrected chi connectivity index (χ3v) is 4.22. The molecule has 2 rings (SSSR count). The molecule has 0 saturated carbocycles. The second-order valence-corrected chi connectivity index (χ2v) is 5.94. The van der Waals surface area contributed by atoms with E-state index in [0.717, 1.165) is 12.3 Å². The molecule has 3 unspecified atom stereocenters. The molecular formula is C16H25NO. The van der Waals surface area contributed by atoms with Crippen LogP contribution in [0.5, 0.6) is 5.75 Å². The zero-order valence-corrected chi connectivity index (χ0v) is 11.8. The van der Waals surface area contributed by atoms with E-state index in [2.05, 4.69) is 25.7 Å². The first-order chi connectivity index (χ1) is 8.56. The highest BCUT2D eigenvalue weighted by molar-refractivity contribution is 5.26. The maximum absolute atomic E-state index is 9.30. The van der Waals surface area contributed by atoms with Gasteiger partial charge < -0.3 is 5.11 Å². The van der Waals surface area contributed by atoms with Crippen LogP contribution in [0.4, 0.5) is 0 Å². The van der Waals surface area contributed by atoms with E-state index in [1.165, 1.54) is 24.9 Å². The van der Waals surface area contributed by atoms with Gasteiger partial charge in [0.15, 0.2) is 0 Å². The summed E-state index contributed by atoms with van der Waals surface area (Å²) < 4.78 is 0. The first-order valence-corrected chi connectivity index (χ1v) is 7.10. The number of rotatable bonds is 3. The van der Waals surface area contributed by atoms with Crippen molar-refractivity contribution in [3.8, 4) is 5.75 Å². The van der Waals surface area contributed by atoms with Crippen molar-refractivity contribution < 1.29 is 5.11 Å². The maximum atomic E-state index is 9.30. The normalized spacial score (nSPS) is 27.1. The van der Waals surface area contributed by atoms with Crippen molar-refractivity contribution in [2.45, 2.75) is 52.1 Å². The van der Waals surface area contributed by atoms with E-state index in [1.54, 1.807) is 12.1 Å². The van der Waals surface area contributed by atoms with Crippen LogP contribution in [0.1, 0.15) is 39.2 Å². The highest BCUT2D eigenvalue weighted by Crippen LogP contribution is 2.25. The molecule has 3 atom stereocenters. The summed E-state index contributed by atoms with van der Waals surface area (Å²) in [6.45, 7) is 8.25. The summed E-state index contributed by atoms with van der Waals surface area (Å²) >= 11 is 0. The van der Waals surface area contributed by atoms with Crippen molar-refractivity contribution in [1.82, 2.24) is 4.90 Å². The molecule has 0 amide bonds. The van der Waals surface area contributed by atoms with Gasteiger partial charge in [0.25, 0.3) is 0 Å². The van der Waals surface area contributed by atoms with Gasteiger partial charge in [-0.1, -0.05) is 19.1 Å². The molecule has 2 heteroatoms. The van der Waals surface area contributed by atoms with E-state index in [-0.39, 0.29) is 0 Å². The van der Waals surface area contributed by atoms with Crippen LogP contribution in [-0.4, -0.2) is 28.6 Å². The molecule has 1 saturated heterocycles. The Morgan fingerprint density at radius 3 is 2.56 bits per heavy atom. The molecule has 0 bridgehead atoms. The van der Waals surface area contributed by atoms with Crippen molar-refractivity contribution >= 4 is 0 Å². The quantitative estimate of drug-likeness (QED) is 0.884. The fourth-order valence-electron chi connectivity index (χ4n) is 3.17. The van der Waals surface area contributed by atoms with Crippen LogP contribution in [0.15, 0.2) is 24.3 Å². The summed E-state index contributed by atoms with van der Waals surface area (Å²) in [5.74, 6) is 1.23. The van der Waals surface area contributed by atoms with Crippen molar-refractivity contribution in [2.75, 3.05) is 6.54 Å². The fraction of sp³-hybridized carbons (Fsp3) is 0.625. The summed E-state index contributed by atoms with van der Waals surface area (Å²) in [6.07, 6.45) is 3.71. The third-order valence-electron chi connectivity index (χ3n) is 4.22. The minimum absolute atomic E-state index is 0.353. The summed E-state index contributed by atoms with van der Waals surface area (Å²) in [5, 5.41) is 9.30. The van der Waals surface area contributed by atoms with E-state index in [4.69, 9.17) is 0 Å². The van der Waals surface area contributed by atoms with Crippen LogP contribution >= 0.6 is 0 Å². The van der Waals surface area contributed by atoms with Gasteiger partial charge in [-0.05, 0) is 63.3 Å². The lowest BCUT2D eigenvalue weighted by molar-refractivity contribution is 0.0895. The summed E-state index contributed by atoms with van der Waals surface area (Å²) in [4.78, 5) is 2.63. The zero-order valence-electron chi connectivity index (χ0n) is 11.8. The van der Waals surface area contributed by atoms with E-state index < -0.39 is 0 Å². The van der Waals surface area contributed by atoms with Crippen LogP contribution < -0.4 is 0 Å². The second kappa shape index (κ2) is 5.75. The van der Waals surface area contributed by atoms with Gasteiger partial charge in [0, 0.05) is 12.1 Å². The van der Waals surface area contributed by atoms with Gasteiger partial charge in [-0.15, -0.1) is 0 Å². The topological polar surface area (TPSA) is 23.5 Å². The smallest absolute Gasteiger partial charge is 0.115 e. The number of phenols is 1. The Balaban J connectivity index is 1.95. The lowest BCUT2D eigenvalue weighted by Gasteiger charge is -2.40. The van der Waals surface area contributed by atoms with Gasteiger partial charge in [0.05, 0.1) is 0 Å². The third kappa shape index (κ3) is 3.26. The van der Waals surface area contributed by atoms with Crippen molar-refractivity contribution in [3.05, 3.63) is 29.8 Å². The van der Waals surface area contributed by atoms with E-state index in [1.807, 2.05) is 12.1 Å². The van der Waals surface area contributed by atoms with Gasteiger partial charge in [-0.2, -0.15) is 0 Å². The molecule has 1 N–H and O–H groups in total. The molecule has 1 aromatic carbocycles. The van der Waals surface area contributed by atoms with Crippen molar-refractivity contribution in [2.24, 2.45) is 5.92 Å². The Kier molecular flexibility index (Phi) is 4.28. The highest BCUT2D eigenvalue weighted by atomic mass is 16.3. The van der Waals surface area contributed by atoms with Crippen molar-refractivity contribution in [1.29, 1.82) is 0 Å². The van der Waals surface area contributed by atoms with Gasteiger partial charge in [-0.25, -0.2) is 0 Å².